The molecule has 4 nitrogen and oxygen atoms in total. The number of halogens is 1. The minimum atomic E-state index is -1.11. The smallest absolute Gasteiger partial charge is 0.341 e. The van der Waals surface area contributed by atoms with Crippen molar-refractivity contribution < 1.29 is 19.0 Å². The number of aromatic carboxylic acids is 1. The predicted molar refractivity (Wildman–Crippen MR) is 72.5 cm³/mol. The molecular weight excluding hydrogens is 261 g/mol. The van der Waals surface area contributed by atoms with Crippen LogP contribution in [0.3, 0.4) is 0 Å². The summed E-state index contributed by atoms with van der Waals surface area (Å²) >= 11 is 0. The van der Waals surface area contributed by atoms with Crippen molar-refractivity contribution >= 4 is 5.97 Å². The van der Waals surface area contributed by atoms with E-state index in [0.29, 0.717) is 23.4 Å². The topological polar surface area (TPSA) is 59.4 Å². The molecule has 1 aromatic heterocycles. The Hall–Kier alpha value is -2.43. The number of carboxylic acid groups (broad SMARTS) is 1. The van der Waals surface area contributed by atoms with Crippen molar-refractivity contribution in [3.05, 3.63) is 47.5 Å². The van der Waals surface area contributed by atoms with E-state index in [1.807, 2.05) is 0 Å². The summed E-state index contributed by atoms with van der Waals surface area (Å²) in [6, 6.07) is 5.79. The fraction of sp³-hybridized carbons (Fsp3) is 0.200. The fourth-order valence-electron chi connectivity index (χ4n) is 1.99. The number of aryl methyl sites for hydroxylation is 1. The first kappa shape index (κ1) is 14.0. The zero-order chi connectivity index (χ0) is 14.7. The van der Waals surface area contributed by atoms with E-state index in [2.05, 4.69) is 4.98 Å². The number of benzene rings is 1. The van der Waals surface area contributed by atoms with Crippen molar-refractivity contribution in [2.24, 2.45) is 0 Å². The van der Waals surface area contributed by atoms with Gasteiger partial charge in [-0.3, -0.25) is 4.98 Å². The van der Waals surface area contributed by atoms with Crippen LogP contribution in [0.25, 0.3) is 11.1 Å². The van der Waals surface area contributed by atoms with Gasteiger partial charge in [0.1, 0.15) is 17.1 Å². The highest BCUT2D eigenvalue weighted by atomic mass is 19.1. The van der Waals surface area contributed by atoms with E-state index in [-0.39, 0.29) is 17.1 Å². The van der Waals surface area contributed by atoms with Gasteiger partial charge in [-0.2, -0.15) is 0 Å². The van der Waals surface area contributed by atoms with Gasteiger partial charge < -0.3 is 9.84 Å². The van der Waals surface area contributed by atoms with Crippen molar-refractivity contribution in [1.29, 1.82) is 0 Å². The molecule has 1 heterocycles. The van der Waals surface area contributed by atoms with Crippen LogP contribution in [0, 0.1) is 12.7 Å². The van der Waals surface area contributed by atoms with Gasteiger partial charge in [-0.05, 0) is 31.5 Å². The molecule has 0 bridgehead atoms. The molecule has 0 atom stereocenters. The maximum atomic E-state index is 13.0. The van der Waals surface area contributed by atoms with E-state index in [4.69, 9.17) is 4.74 Å². The molecule has 2 rings (SSSR count). The van der Waals surface area contributed by atoms with Gasteiger partial charge >= 0.3 is 5.97 Å². The lowest BCUT2D eigenvalue weighted by Crippen LogP contribution is -2.07. The summed E-state index contributed by atoms with van der Waals surface area (Å²) in [5, 5.41) is 9.22. The van der Waals surface area contributed by atoms with Crippen LogP contribution in [0.1, 0.15) is 23.0 Å². The Bertz CT molecular complexity index is 638. The molecule has 0 unspecified atom stereocenters. The number of aromatic nitrogens is 1. The van der Waals surface area contributed by atoms with Crippen molar-refractivity contribution in [1.82, 2.24) is 4.98 Å². The second kappa shape index (κ2) is 5.69. The Balaban J connectivity index is 2.69. The molecular formula is C15H14FNO3. The van der Waals surface area contributed by atoms with E-state index in [9.17, 15) is 14.3 Å². The lowest BCUT2D eigenvalue weighted by atomic mass is 10.0. The third-order valence-electron chi connectivity index (χ3n) is 2.87. The van der Waals surface area contributed by atoms with E-state index >= 15 is 0 Å². The van der Waals surface area contributed by atoms with Crippen LogP contribution in [0.5, 0.6) is 5.75 Å². The van der Waals surface area contributed by atoms with Crippen molar-refractivity contribution in [3.63, 3.8) is 0 Å². The standard InChI is InChI=1S/C15H14FNO3/c1-3-20-14-12(15(18)19)8-17-9(2)13(14)10-4-6-11(16)7-5-10/h4-8H,3H2,1-2H3,(H,18,19). The molecule has 0 aliphatic carbocycles. The minimum Gasteiger partial charge on any atom is -0.492 e. The summed E-state index contributed by atoms with van der Waals surface area (Å²) in [5.41, 5.74) is 1.87. The van der Waals surface area contributed by atoms with Crippen LogP contribution in [0.2, 0.25) is 0 Å². The maximum absolute atomic E-state index is 13.0. The average molecular weight is 275 g/mol. The molecule has 0 spiro atoms. The van der Waals surface area contributed by atoms with Gasteiger partial charge in [0, 0.05) is 17.5 Å². The van der Waals surface area contributed by atoms with Gasteiger partial charge in [0.25, 0.3) is 0 Å². The van der Waals surface area contributed by atoms with E-state index < -0.39 is 5.97 Å². The fourth-order valence-corrected chi connectivity index (χ4v) is 1.99. The van der Waals surface area contributed by atoms with Crippen LogP contribution in [-0.4, -0.2) is 22.7 Å². The quantitative estimate of drug-likeness (QED) is 0.930. The molecule has 0 radical (unpaired) electrons. The summed E-state index contributed by atoms with van der Waals surface area (Å²) in [7, 11) is 0. The Morgan fingerprint density at radius 1 is 1.35 bits per heavy atom. The lowest BCUT2D eigenvalue weighted by molar-refractivity contribution is 0.0692. The van der Waals surface area contributed by atoms with Gasteiger partial charge in [-0.25, -0.2) is 9.18 Å². The highest BCUT2D eigenvalue weighted by molar-refractivity contribution is 5.94. The first-order valence-electron chi connectivity index (χ1n) is 6.16. The normalized spacial score (nSPS) is 10.3. The van der Waals surface area contributed by atoms with Gasteiger partial charge in [-0.15, -0.1) is 0 Å². The molecule has 104 valence electrons. The van der Waals surface area contributed by atoms with Gasteiger partial charge in [-0.1, -0.05) is 12.1 Å². The first-order valence-corrected chi connectivity index (χ1v) is 6.16. The zero-order valence-corrected chi connectivity index (χ0v) is 11.2. The summed E-state index contributed by atoms with van der Waals surface area (Å²) < 4.78 is 18.5. The molecule has 0 aliphatic heterocycles. The number of pyridine rings is 1. The number of carboxylic acids is 1. The number of hydrogen-bond acceptors (Lipinski definition) is 3. The van der Waals surface area contributed by atoms with Crippen molar-refractivity contribution in [3.8, 4) is 16.9 Å². The van der Waals surface area contributed by atoms with E-state index in [1.165, 1.54) is 18.3 Å². The number of carbonyl (C=O) groups is 1. The zero-order valence-electron chi connectivity index (χ0n) is 11.2. The molecule has 2 aromatic rings. The molecule has 0 saturated carbocycles. The number of ether oxygens (including phenoxy) is 1. The van der Waals surface area contributed by atoms with E-state index in [1.54, 1.807) is 26.0 Å². The number of nitrogens with zero attached hydrogens (tertiary/aromatic N) is 1. The number of rotatable bonds is 4. The highest BCUT2D eigenvalue weighted by Crippen LogP contribution is 2.35. The SMILES string of the molecule is CCOc1c(C(=O)O)cnc(C)c1-c1ccc(F)cc1. The van der Waals surface area contributed by atoms with Gasteiger partial charge in [0.15, 0.2) is 0 Å². The van der Waals surface area contributed by atoms with Crippen LogP contribution in [0.4, 0.5) is 4.39 Å². The second-order valence-corrected chi connectivity index (χ2v) is 4.21. The number of hydrogen-bond donors (Lipinski definition) is 1. The molecule has 20 heavy (non-hydrogen) atoms. The summed E-state index contributed by atoms with van der Waals surface area (Å²) in [5.74, 6) is -1.20. The first-order chi connectivity index (χ1) is 9.54. The van der Waals surface area contributed by atoms with Crippen molar-refractivity contribution in [2.45, 2.75) is 13.8 Å². The molecule has 0 amide bonds. The van der Waals surface area contributed by atoms with Crippen molar-refractivity contribution in [2.75, 3.05) is 6.61 Å². The van der Waals surface area contributed by atoms with Gasteiger partial charge in [0.05, 0.1) is 6.61 Å². The minimum absolute atomic E-state index is 0.00299. The predicted octanol–water partition coefficient (Wildman–Crippen LogP) is 3.29. The van der Waals surface area contributed by atoms with Crippen LogP contribution in [-0.2, 0) is 0 Å². The lowest BCUT2D eigenvalue weighted by Gasteiger charge is -2.15. The maximum Gasteiger partial charge on any atom is 0.341 e. The van der Waals surface area contributed by atoms with Crippen LogP contribution >= 0.6 is 0 Å². The van der Waals surface area contributed by atoms with Crippen LogP contribution < -0.4 is 4.74 Å². The molecule has 0 fully saturated rings. The summed E-state index contributed by atoms with van der Waals surface area (Å²) in [6.07, 6.45) is 1.27. The largest absolute Gasteiger partial charge is 0.492 e. The molecule has 0 aliphatic rings. The molecule has 1 aromatic carbocycles. The summed E-state index contributed by atoms with van der Waals surface area (Å²) in [6.45, 7) is 3.86. The Morgan fingerprint density at radius 2 is 2.00 bits per heavy atom. The Morgan fingerprint density at radius 3 is 2.55 bits per heavy atom. The monoisotopic (exact) mass is 275 g/mol. The Labute approximate surface area is 115 Å². The van der Waals surface area contributed by atoms with Gasteiger partial charge in [0.2, 0.25) is 0 Å². The average Bonchev–Trinajstić information content (AvgIpc) is 2.40. The third kappa shape index (κ3) is 2.61. The van der Waals surface area contributed by atoms with E-state index in [0.717, 1.165) is 0 Å². The third-order valence-corrected chi connectivity index (χ3v) is 2.87. The highest BCUT2D eigenvalue weighted by Gasteiger charge is 2.19. The molecule has 0 saturated heterocycles. The van der Waals surface area contributed by atoms with Crippen LogP contribution in [0.15, 0.2) is 30.5 Å². The summed E-state index contributed by atoms with van der Waals surface area (Å²) in [4.78, 5) is 15.4. The molecule has 1 N–H and O–H groups in total. The molecule has 5 heteroatoms. The second-order valence-electron chi connectivity index (χ2n) is 4.21. The Kier molecular flexibility index (Phi) is 3.98.